The molecule has 1 aromatic heterocycles. The van der Waals surface area contributed by atoms with Gasteiger partial charge in [-0.2, -0.15) is 0 Å². The van der Waals surface area contributed by atoms with E-state index in [-0.39, 0.29) is 5.91 Å². The van der Waals surface area contributed by atoms with Crippen molar-refractivity contribution < 1.29 is 28.3 Å². The van der Waals surface area contributed by atoms with Crippen molar-refractivity contribution in [2.75, 3.05) is 46.9 Å². The highest BCUT2D eigenvalue weighted by molar-refractivity contribution is 5.95. The zero-order valence-electron chi connectivity index (χ0n) is 18.5. The molecule has 0 radical (unpaired) electrons. The Labute approximate surface area is 191 Å². The molecule has 4 rings (SSSR count). The van der Waals surface area contributed by atoms with Crippen LogP contribution in [0.25, 0.3) is 0 Å². The summed E-state index contributed by atoms with van der Waals surface area (Å²) in [6, 6.07) is 9.42. The number of piperazine rings is 1. The molecule has 0 spiro atoms. The number of rotatable bonds is 6. The van der Waals surface area contributed by atoms with Crippen LogP contribution in [0, 0.1) is 0 Å². The monoisotopic (exact) mass is 454 g/mol. The minimum absolute atomic E-state index is 0.151. The highest BCUT2D eigenvalue weighted by Crippen LogP contribution is 2.30. The van der Waals surface area contributed by atoms with Crippen LogP contribution in [0.1, 0.15) is 22.2 Å². The van der Waals surface area contributed by atoms with Crippen molar-refractivity contribution in [1.82, 2.24) is 20.4 Å². The Bertz CT molecular complexity index is 1060. The number of benzene rings is 1. The average molecular weight is 454 g/mol. The maximum Gasteiger partial charge on any atom is 0.338 e. The maximum atomic E-state index is 12.8. The van der Waals surface area contributed by atoms with Crippen molar-refractivity contribution in [3.05, 3.63) is 65.3 Å². The minimum atomic E-state index is -0.682. The molecule has 0 saturated carbocycles. The van der Waals surface area contributed by atoms with E-state index in [9.17, 15) is 14.4 Å². The van der Waals surface area contributed by atoms with Crippen LogP contribution in [0.3, 0.4) is 0 Å². The normalized spacial score (nSPS) is 19.0. The highest BCUT2D eigenvalue weighted by atomic mass is 16.5. The maximum absolute atomic E-state index is 12.8. The number of urea groups is 1. The van der Waals surface area contributed by atoms with Gasteiger partial charge < -0.3 is 29.4 Å². The number of carbonyl (C=O) groups is 3. The number of amides is 3. The molecule has 3 amide bonds. The zero-order chi connectivity index (χ0) is 23.4. The molecule has 1 aromatic carbocycles. The van der Waals surface area contributed by atoms with Gasteiger partial charge in [0.1, 0.15) is 5.75 Å². The van der Waals surface area contributed by atoms with E-state index < -0.39 is 18.0 Å². The second kappa shape index (κ2) is 9.78. The molecule has 3 heterocycles. The summed E-state index contributed by atoms with van der Waals surface area (Å²) in [5.41, 5.74) is 1.51. The molecule has 2 aliphatic rings. The van der Waals surface area contributed by atoms with Crippen LogP contribution in [0.2, 0.25) is 0 Å². The van der Waals surface area contributed by atoms with E-state index in [1.807, 2.05) is 6.07 Å². The summed E-state index contributed by atoms with van der Waals surface area (Å²) in [7, 11) is 2.86. The van der Waals surface area contributed by atoms with Crippen molar-refractivity contribution >= 4 is 17.9 Å². The van der Waals surface area contributed by atoms with Gasteiger partial charge in [-0.05, 0) is 29.8 Å². The number of hydrogen-bond acceptors (Lipinski definition) is 7. The number of carbonyl (C=O) groups excluding carboxylic acids is 3. The lowest BCUT2D eigenvalue weighted by atomic mass is 9.94. The van der Waals surface area contributed by atoms with Crippen LogP contribution in [0.15, 0.2) is 58.3 Å². The SMILES string of the molecule is COC(=O)C1=C(CN2CCN(C(=O)c3ccco3)CC2)NC(=O)N[C@@H]1c1cccc(OC)c1. The molecule has 0 unspecified atom stereocenters. The summed E-state index contributed by atoms with van der Waals surface area (Å²) in [5, 5.41) is 5.58. The average Bonchev–Trinajstić information content (AvgIpc) is 3.38. The van der Waals surface area contributed by atoms with E-state index >= 15 is 0 Å². The van der Waals surface area contributed by atoms with E-state index in [0.29, 0.717) is 61.1 Å². The van der Waals surface area contributed by atoms with Crippen LogP contribution in [0.4, 0.5) is 4.79 Å². The first-order valence-corrected chi connectivity index (χ1v) is 10.6. The quantitative estimate of drug-likeness (QED) is 0.637. The van der Waals surface area contributed by atoms with Gasteiger partial charge in [-0.15, -0.1) is 0 Å². The van der Waals surface area contributed by atoms with Gasteiger partial charge in [0.05, 0.1) is 32.1 Å². The summed E-state index contributed by atoms with van der Waals surface area (Å²) < 4.78 is 15.5. The number of ether oxygens (including phenoxy) is 2. The van der Waals surface area contributed by atoms with Crippen molar-refractivity contribution in [2.24, 2.45) is 0 Å². The van der Waals surface area contributed by atoms with Crippen molar-refractivity contribution in [2.45, 2.75) is 6.04 Å². The van der Waals surface area contributed by atoms with Crippen molar-refractivity contribution in [3.63, 3.8) is 0 Å². The smallest absolute Gasteiger partial charge is 0.338 e. The lowest BCUT2D eigenvalue weighted by Crippen LogP contribution is -2.52. The van der Waals surface area contributed by atoms with Crippen molar-refractivity contribution in [1.29, 1.82) is 0 Å². The number of nitrogens with zero attached hydrogens (tertiary/aromatic N) is 2. The number of nitrogens with one attached hydrogen (secondary N) is 2. The van der Waals surface area contributed by atoms with Crippen LogP contribution in [-0.2, 0) is 9.53 Å². The first kappa shape index (κ1) is 22.4. The molecular formula is C23H26N4O6. The van der Waals surface area contributed by atoms with Gasteiger partial charge in [-0.3, -0.25) is 9.69 Å². The van der Waals surface area contributed by atoms with Gasteiger partial charge in [-0.1, -0.05) is 12.1 Å². The Balaban J connectivity index is 1.54. The highest BCUT2D eigenvalue weighted by Gasteiger charge is 2.35. The molecule has 1 saturated heterocycles. The summed E-state index contributed by atoms with van der Waals surface area (Å²) in [6.45, 7) is 2.51. The van der Waals surface area contributed by atoms with Crippen LogP contribution >= 0.6 is 0 Å². The van der Waals surface area contributed by atoms with Crippen LogP contribution < -0.4 is 15.4 Å². The first-order chi connectivity index (χ1) is 16.0. The molecule has 0 aliphatic carbocycles. The molecule has 1 fully saturated rings. The van der Waals surface area contributed by atoms with E-state index in [1.165, 1.54) is 13.4 Å². The van der Waals surface area contributed by atoms with Gasteiger partial charge in [0, 0.05) is 38.4 Å². The molecule has 2 N–H and O–H groups in total. The number of hydrogen-bond donors (Lipinski definition) is 2. The molecule has 2 aliphatic heterocycles. The summed E-state index contributed by atoms with van der Waals surface area (Å²) in [5.74, 6) is 0.244. The third-order valence-electron chi connectivity index (χ3n) is 5.76. The molecule has 33 heavy (non-hydrogen) atoms. The Morgan fingerprint density at radius 3 is 2.58 bits per heavy atom. The summed E-state index contributed by atoms with van der Waals surface area (Å²) in [6.07, 6.45) is 1.48. The van der Waals surface area contributed by atoms with E-state index in [4.69, 9.17) is 13.9 Å². The topological polar surface area (TPSA) is 113 Å². The molecular weight excluding hydrogens is 428 g/mol. The standard InChI is InChI=1S/C23H26N4O6/c1-31-16-6-3-5-15(13-16)20-19(22(29)32-2)17(24-23(30)25-20)14-26-8-10-27(11-9-26)21(28)18-7-4-12-33-18/h3-7,12-13,20H,8-11,14H2,1-2H3,(H2,24,25,30)/t20-/m1/s1. The molecule has 1 atom stereocenters. The summed E-state index contributed by atoms with van der Waals surface area (Å²) in [4.78, 5) is 41.5. The lowest BCUT2D eigenvalue weighted by molar-refractivity contribution is -0.136. The van der Waals surface area contributed by atoms with E-state index in [0.717, 1.165) is 0 Å². The Morgan fingerprint density at radius 1 is 1.12 bits per heavy atom. The minimum Gasteiger partial charge on any atom is -0.497 e. The van der Waals surface area contributed by atoms with Gasteiger partial charge in [-0.25, -0.2) is 9.59 Å². The summed E-state index contributed by atoms with van der Waals surface area (Å²) >= 11 is 0. The van der Waals surface area contributed by atoms with Crippen LogP contribution in [-0.4, -0.2) is 74.7 Å². The van der Waals surface area contributed by atoms with Crippen LogP contribution in [0.5, 0.6) is 5.75 Å². The van der Waals surface area contributed by atoms with E-state index in [2.05, 4.69) is 15.5 Å². The molecule has 10 heteroatoms. The van der Waals surface area contributed by atoms with Gasteiger partial charge in [0.25, 0.3) is 5.91 Å². The fourth-order valence-electron chi connectivity index (χ4n) is 4.05. The number of furan rings is 1. The van der Waals surface area contributed by atoms with Gasteiger partial charge in [0.15, 0.2) is 5.76 Å². The van der Waals surface area contributed by atoms with Crippen molar-refractivity contribution in [3.8, 4) is 5.75 Å². The van der Waals surface area contributed by atoms with Gasteiger partial charge >= 0.3 is 12.0 Å². The largest absolute Gasteiger partial charge is 0.497 e. The first-order valence-electron chi connectivity index (χ1n) is 10.6. The lowest BCUT2D eigenvalue weighted by Gasteiger charge is -2.36. The third kappa shape index (κ3) is 4.85. The molecule has 0 bridgehead atoms. The third-order valence-corrected chi connectivity index (χ3v) is 5.76. The number of esters is 1. The number of methoxy groups -OCH3 is 2. The molecule has 10 nitrogen and oxygen atoms in total. The zero-order valence-corrected chi connectivity index (χ0v) is 18.5. The second-order valence-corrected chi connectivity index (χ2v) is 7.74. The fraction of sp³-hybridized carbons (Fsp3) is 0.348. The Morgan fingerprint density at radius 2 is 1.91 bits per heavy atom. The van der Waals surface area contributed by atoms with Gasteiger partial charge in [0.2, 0.25) is 0 Å². The van der Waals surface area contributed by atoms with E-state index in [1.54, 1.807) is 42.3 Å². The predicted octanol–water partition coefficient (Wildman–Crippen LogP) is 1.53. The Kier molecular flexibility index (Phi) is 6.64. The molecule has 174 valence electrons. The second-order valence-electron chi connectivity index (χ2n) is 7.74. The Hall–Kier alpha value is -3.79. The molecule has 2 aromatic rings. The predicted molar refractivity (Wildman–Crippen MR) is 117 cm³/mol. The fourth-order valence-corrected chi connectivity index (χ4v) is 4.05.